The van der Waals surface area contributed by atoms with Crippen LogP contribution in [0.25, 0.3) is 0 Å². The quantitative estimate of drug-likeness (QED) is 0.828. The highest BCUT2D eigenvalue weighted by Crippen LogP contribution is 2.44. The lowest BCUT2D eigenvalue weighted by Gasteiger charge is -2.31. The van der Waals surface area contributed by atoms with Gasteiger partial charge in [0.25, 0.3) is 0 Å². The van der Waals surface area contributed by atoms with Gasteiger partial charge in [0.15, 0.2) is 0 Å². The fraction of sp³-hybridized carbons (Fsp3) is 0.200. The predicted molar refractivity (Wildman–Crippen MR) is 66.6 cm³/mol. The number of aliphatic hydroxyl groups is 1. The standard InChI is InChI=1S/C15H12F4O/c1-10-4-2-5-11(8-10)14(20,15(17,18)19)12-6-3-7-13(16)9-12/h2-9,20H,1H3. The van der Waals surface area contributed by atoms with Gasteiger partial charge in [-0.1, -0.05) is 42.0 Å². The van der Waals surface area contributed by atoms with Crippen LogP contribution in [0.15, 0.2) is 48.5 Å². The number of alkyl halides is 3. The lowest BCUT2D eigenvalue weighted by molar-refractivity contribution is -0.248. The summed E-state index contributed by atoms with van der Waals surface area (Å²) in [5.74, 6) is -0.835. The summed E-state index contributed by atoms with van der Waals surface area (Å²) in [6, 6.07) is 9.35. The molecule has 0 heterocycles. The molecule has 0 saturated heterocycles. The van der Waals surface area contributed by atoms with Gasteiger partial charge < -0.3 is 5.11 Å². The van der Waals surface area contributed by atoms with Crippen molar-refractivity contribution in [3.8, 4) is 0 Å². The SMILES string of the molecule is Cc1cccc(C(O)(c2cccc(F)c2)C(F)(F)F)c1. The van der Waals surface area contributed by atoms with Gasteiger partial charge in [-0.15, -0.1) is 0 Å². The number of rotatable bonds is 2. The normalized spacial score (nSPS) is 14.9. The summed E-state index contributed by atoms with van der Waals surface area (Å²) in [4.78, 5) is 0. The van der Waals surface area contributed by atoms with Crippen molar-refractivity contribution in [2.24, 2.45) is 0 Å². The molecule has 1 atom stereocenters. The fourth-order valence-electron chi connectivity index (χ4n) is 2.08. The van der Waals surface area contributed by atoms with E-state index in [9.17, 15) is 22.7 Å². The van der Waals surface area contributed by atoms with Gasteiger partial charge in [-0.05, 0) is 24.6 Å². The van der Waals surface area contributed by atoms with Gasteiger partial charge >= 0.3 is 6.18 Å². The molecule has 0 aliphatic rings. The summed E-state index contributed by atoms with van der Waals surface area (Å²) >= 11 is 0. The Hall–Kier alpha value is -1.88. The van der Waals surface area contributed by atoms with Crippen LogP contribution in [0.3, 0.4) is 0 Å². The highest BCUT2D eigenvalue weighted by Gasteiger charge is 2.56. The molecule has 20 heavy (non-hydrogen) atoms. The average Bonchev–Trinajstić information content (AvgIpc) is 2.36. The molecule has 0 amide bonds. The summed E-state index contributed by atoms with van der Waals surface area (Å²) in [6.07, 6.45) is -4.96. The zero-order chi connectivity index (χ0) is 15.0. The third-order valence-electron chi connectivity index (χ3n) is 3.09. The fourth-order valence-corrected chi connectivity index (χ4v) is 2.08. The molecule has 1 unspecified atom stereocenters. The highest BCUT2D eigenvalue weighted by atomic mass is 19.4. The van der Waals surface area contributed by atoms with Crippen molar-refractivity contribution < 1.29 is 22.7 Å². The van der Waals surface area contributed by atoms with Gasteiger partial charge in [-0.2, -0.15) is 13.2 Å². The molecule has 0 fully saturated rings. The Balaban J connectivity index is 2.69. The van der Waals surface area contributed by atoms with E-state index >= 15 is 0 Å². The Kier molecular flexibility index (Phi) is 3.56. The van der Waals surface area contributed by atoms with Crippen LogP contribution in [0.4, 0.5) is 17.6 Å². The third kappa shape index (κ3) is 2.41. The number of halogens is 4. The molecule has 2 rings (SSSR count). The minimum absolute atomic E-state index is 0.337. The maximum absolute atomic E-state index is 13.4. The zero-order valence-electron chi connectivity index (χ0n) is 10.6. The Labute approximate surface area is 113 Å². The molecule has 2 aromatic rings. The van der Waals surface area contributed by atoms with Crippen LogP contribution >= 0.6 is 0 Å². The van der Waals surface area contributed by atoms with Crippen molar-refractivity contribution in [3.05, 3.63) is 71.0 Å². The second kappa shape index (κ2) is 4.90. The molecular weight excluding hydrogens is 272 g/mol. The van der Waals surface area contributed by atoms with Crippen LogP contribution in [-0.2, 0) is 5.60 Å². The van der Waals surface area contributed by atoms with Crippen LogP contribution in [0.2, 0.25) is 0 Å². The largest absolute Gasteiger partial charge is 0.425 e. The van der Waals surface area contributed by atoms with Crippen LogP contribution in [0, 0.1) is 12.7 Å². The molecule has 0 bridgehead atoms. The molecular formula is C15H12F4O. The van der Waals surface area contributed by atoms with Crippen molar-refractivity contribution in [2.75, 3.05) is 0 Å². The molecule has 106 valence electrons. The molecule has 0 aliphatic heterocycles. The average molecular weight is 284 g/mol. The first kappa shape index (κ1) is 14.5. The summed E-state index contributed by atoms with van der Waals surface area (Å²) in [7, 11) is 0. The number of hydrogen-bond acceptors (Lipinski definition) is 1. The Morgan fingerprint density at radius 1 is 0.900 bits per heavy atom. The van der Waals surface area contributed by atoms with Crippen LogP contribution in [-0.4, -0.2) is 11.3 Å². The predicted octanol–water partition coefficient (Wildman–Crippen LogP) is 3.93. The molecule has 0 saturated carbocycles. The van der Waals surface area contributed by atoms with Gasteiger partial charge in [-0.3, -0.25) is 0 Å². The van der Waals surface area contributed by atoms with Crippen molar-refractivity contribution in [2.45, 2.75) is 18.7 Å². The first-order chi connectivity index (χ1) is 9.25. The second-order valence-electron chi connectivity index (χ2n) is 4.59. The molecule has 1 N–H and O–H groups in total. The van der Waals surface area contributed by atoms with Gasteiger partial charge in [0, 0.05) is 5.56 Å². The van der Waals surface area contributed by atoms with E-state index in [1.807, 2.05) is 0 Å². The second-order valence-corrected chi connectivity index (χ2v) is 4.59. The topological polar surface area (TPSA) is 20.2 Å². The maximum atomic E-state index is 13.4. The van der Waals surface area contributed by atoms with Crippen molar-refractivity contribution in [1.29, 1.82) is 0 Å². The molecule has 0 spiro atoms. The molecule has 5 heteroatoms. The van der Waals surface area contributed by atoms with Crippen LogP contribution in [0.1, 0.15) is 16.7 Å². The minimum atomic E-state index is -4.96. The lowest BCUT2D eigenvalue weighted by atomic mass is 9.85. The Morgan fingerprint density at radius 2 is 1.45 bits per heavy atom. The number of benzene rings is 2. The van der Waals surface area contributed by atoms with Gasteiger partial charge in [0.05, 0.1) is 0 Å². The van der Waals surface area contributed by atoms with E-state index in [1.165, 1.54) is 18.2 Å². The Bertz CT molecular complexity index is 574. The smallest absolute Gasteiger partial charge is 0.372 e. The summed E-state index contributed by atoms with van der Waals surface area (Å²) < 4.78 is 53.3. The number of hydrogen-bond donors (Lipinski definition) is 1. The molecule has 1 nitrogen and oxygen atoms in total. The molecule has 0 radical (unpaired) electrons. The highest BCUT2D eigenvalue weighted by molar-refractivity contribution is 5.39. The van der Waals surface area contributed by atoms with Crippen molar-refractivity contribution in [1.82, 2.24) is 0 Å². The van der Waals surface area contributed by atoms with E-state index in [4.69, 9.17) is 0 Å². The van der Waals surface area contributed by atoms with Gasteiger partial charge in [0.2, 0.25) is 5.60 Å². The van der Waals surface area contributed by atoms with E-state index < -0.39 is 23.2 Å². The summed E-state index contributed by atoms with van der Waals surface area (Å²) in [5.41, 5.74) is -3.55. The van der Waals surface area contributed by atoms with Crippen molar-refractivity contribution >= 4 is 0 Å². The van der Waals surface area contributed by atoms with Crippen molar-refractivity contribution in [3.63, 3.8) is 0 Å². The molecule has 0 aliphatic carbocycles. The third-order valence-corrected chi connectivity index (χ3v) is 3.09. The molecule has 2 aromatic carbocycles. The Morgan fingerprint density at radius 3 is 1.95 bits per heavy atom. The lowest BCUT2D eigenvalue weighted by Crippen LogP contribution is -2.43. The summed E-state index contributed by atoms with van der Waals surface area (Å²) in [6.45, 7) is 1.62. The molecule has 0 aromatic heterocycles. The van der Waals surface area contributed by atoms with Crippen LogP contribution < -0.4 is 0 Å². The monoisotopic (exact) mass is 284 g/mol. The summed E-state index contributed by atoms with van der Waals surface area (Å²) in [5, 5.41) is 10.2. The maximum Gasteiger partial charge on any atom is 0.425 e. The van der Waals surface area contributed by atoms with E-state index in [2.05, 4.69) is 0 Å². The van der Waals surface area contributed by atoms with E-state index in [1.54, 1.807) is 13.0 Å². The van der Waals surface area contributed by atoms with E-state index in [0.717, 1.165) is 18.2 Å². The van der Waals surface area contributed by atoms with Gasteiger partial charge in [0.1, 0.15) is 5.82 Å². The van der Waals surface area contributed by atoms with E-state index in [0.29, 0.717) is 11.6 Å². The minimum Gasteiger partial charge on any atom is -0.372 e. The van der Waals surface area contributed by atoms with Crippen LogP contribution in [0.5, 0.6) is 0 Å². The number of aryl methyl sites for hydroxylation is 1. The zero-order valence-corrected chi connectivity index (χ0v) is 10.6. The first-order valence-electron chi connectivity index (χ1n) is 5.87. The first-order valence-corrected chi connectivity index (χ1v) is 5.87. The van der Waals surface area contributed by atoms with E-state index in [-0.39, 0.29) is 5.56 Å². The van der Waals surface area contributed by atoms with Gasteiger partial charge in [-0.25, -0.2) is 4.39 Å².